The van der Waals surface area contributed by atoms with Crippen LogP contribution in [-0.2, 0) is 26.0 Å². The van der Waals surface area contributed by atoms with Crippen molar-refractivity contribution >= 4 is 0 Å². The van der Waals surface area contributed by atoms with Gasteiger partial charge in [0.1, 0.15) is 5.75 Å². The standard InChI is InChI=1S/C13H16O5/c1-12-11(13(2,17-15-12)18-16-12)8-9-6-4-5-7-10(9)14-3/h4-7,11H,8H2,1-3H3. The van der Waals surface area contributed by atoms with Gasteiger partial charge >= 0.3 is 0 Å². The minimum Gasteiger partial charge on any atom is -0.496 e. The smallest absolute Gasteiger partial charge is 0.239 e. The third-order valence-corrected chi connectivity index (χ3v) is 3.63. The van der Waals surface area contributed by atoms with E-state index in [0.717, 1.165) is 11.3 Å². The summed E-state index contributed by atoms with van der Waals surface area (Å²) in [5.41, 5.74) is 1.07. The molecule has 0 saturated carbocycles. The van der Waals surface area contributed by atoms with E-state index in [4.69, 9.17) is 24.3 Å². The van der Waals surface area contributed by atoms with Gasteiger partial charge in [0, 0.05) is 0 Å². The molecule has 0 N–H and O–H groups in total. The van der Waals surface area contributed by atoms with Crippen LogP contribution >= 0.6 is 0 Å². The van der Waals surface area contributed by atoms with Crippen molar-refractivity contribution in [2.24, 2.45) is 5.92 Å². The van der Waals surface area contributed by atoms with Crippen molar-refractivity contribution in [1.29, 1.82) is 0 Å². The molecule has 0 unspecified atom stereocenters. The minimum atomic E-state index is -0.865. The second-order valence-corrected chi connectivity index (χ2v) is 4.93. The molecule has 2 aliphatic rings. The molecule has 1 aromatic carbocycles. The summed E-state index contributed by atoms with van der Waals surface area (Å²) in [7, 11) is 1.66. The number of methoxy groups -OCH3 is 1. The van der Waals surface area contributed by atoms with Crippen molar-refractivity contribution in [1.82, 2.24) is 0 Å². The van der Waals surface area contributed by atoms with Crippen molar-refractivity contribution in [2.45, 2.75) is 31.8 Å². The van der Waals surface area contributed by atoms with Gasteiger partial charge in [-0.2, -0.15) is 19.6 Å². The molecule has 0 amide bonds. The summed E-state index contributed by atoms with van der Waals surface area (Å²) in [6.45, 7) is 3.62. The Hall–Kier alpha value is -1.14. The fraction of sp³-hybridized carbons (Fsp3) is 0.538. The van der Waals surface area contributed by atoms with Gasteiger partial charge in [0.15, 0.2) is 0 Å². The molecule has 1 aromatic rings. The topological polar surface area (TPSA) is 46.2 Å². The van der Waals surface area contributed by atoms with Crippen LogP contribution in [0.2, 0.25) is 0 Å². The Bertz CT molecular complexity index is 432. The van der Waals surface area contributed by atoms with Crippen molar-refractivity contribution in [3.63, 3.8) is 0 Å². The molecule has 2 saturated heterocycles. The van der Waals surface area contributed by atoms with Gasteiger partial charge in [-0.3, -0.25) is 0 Å². The fourth-order valence-electron chi connectivity index (χ4n) is 2.53. The number of para-hydroxylation sites is 1. The predicted octanol–water partition coefficient (Wildman–Crippen LogP) is 2.21. The van der Waals surface area contributed by atoms with Crippen LogP contribution < -0.4 is 4.74 Å². The predicted molar refractivity (Wildman–Crippen MR) is 61.3 cm³/mol. The average Bonchev–Trinajstić information content (AvgIpc) is 2.77. The first-order valence-electron chi connectivity index (χ1n) is 5.93. The summed E-state index contributed by atoms with van der Waals surface area (Å²) in [6, 6.07) is 7.86. The lowest BCUT2D eigenvalue weighted by Crippen LogP contribution is -2.34. The van der Waals surface area contributed by atoms with Crippen LogP contribution in [0.4, 0.5) is 0 Å². The van der Waals surface area contributed by atoms with Crippen molar-refractivity contribution < 1.29 is 24.3 Å². The highest BCUT2D eigenvalue weighted by Crippen LogP contribution is 2.51. The maximum atomic E-state index is 5.35. The molecule has 0 radical (unpaired) electrons. The normalized spacial score (nSPS) is 38.1. The molecule has 5 nitrogen and oxygen atoms in total. The van der Waals surface area contributed by atoms with Crippen molar-refractivity contribution in [2.75, 3.05) is 7.11 Å². The Morgan fingerprint density at radius 3 is 2.17 bits per heavy atom. The summed E-state index contributed by atoms with van der Waals surface area (Å²) in [6.07, 6.45) is 0.691. The molecule has 2 aliphatic heterocycles. The first kappa shape index (κ1) is 11.9. The van der Waals surface area contributed by atoms with Gasteiger partial charge in [0.05, 0.1) is 13.0 Å². The molecule has 2 heterocycles. The lowest BCUT2D eigenvalue weighted by molar-refractivity contribution is -0.583. The molecule has 5 heteroatoms. The minimum absolute atomic E-state index is 0.0544. The largest absolute Gasteiger partial charge is 0.496 e. The van der Waals surface area contributed by atoms with Crippen LogP contribution in [0, 0.1) is 5.92 Å². The van der Waals surface area contributed by atoms with Gasteiger partial charge in [0.25, 0.3) is 0 Å². The fourth-order valence-corrected chi connectivity index (χ4v) is 2.53. The zero-order valence-corrected chi connectivity index (χ0v) is 10.6. The first-order valence-corrected chi connectivity index (χ1v) is 5.93. The Balaban J connectivity index is 1.89. The lowest BCUT2D eigenvalue weighted by atomic mass is 9.87. The Kier molecular flexibility index (Phi) is 2.60. The quantitative estimate of drug-likeness (QED) is 0.772. The molecule has 98 valence electrons. The van der Waals surface area contributed by atoms with E-state index in [1.165, 1.54) is 0 Å². The van der Waals surface area contributed by atoms with Gasteiger partial charge in [-0.1, -0.05) is 18.2 Å². The van der Waals surface area contributed by atoms with Crippen molar-refractivity contribution in [3.05, 3.63) is 29.8 Å². The van der Waals surface area contributed by atoms with E-state index in [9.17, 15) is 0 Å². The maximum absolute atomic E-state index is 5.35. The Morgan fingerprint density at radius 2 is 1.61 bits per heavy atom. The Labute approximate surface area is 105 Å². The second-order valence-electron chi connectivity index (χ2n) is 4.93. The zero-order valence-electron chi connectivity index (χ0n) is 10.6. The SMILES string of the molecule is COc1ccccc1CC1C2(C)OOC1(C)OO2. The molecule has 0 aromatic heterocycles. The van der Waals surface area contributed by atoms with E-state index in [-0.39, 0.29) is 5.92 Å². The zero-order chi connectivity index (χ0) is 12.8. The summed E-state index contributed by atoms with van der Waals surface area (Å²) >= 11 is 0. The van der Waals surface area contributed by atoms with Crippen LogP contribution in [0.1, 0.15) is 19.4 Å². The van der Waals surface area contributed by atoms with Crippen LogP contribution in [0.5, 0.6) is 5.75 Å². The number of hydrogen-bond donors (Lipinski definition) is 0. The van der Waals surface area contributed by atoms with Crippen LogP contribution in [-0.4, -0.2) is 18.7 Å². The number of ether oxygens (including phenoxy) is 1. The number of fused-ring (bicyclic) bond motifs is 2. The average molecular weight is 252 g/mol. The highest BCUT2D eigenvalue weighted by Gasteiger charge is 2.66. The highest BCUT2D eigenvalue weighted by molar-refractivity contribution is 5.34. The molecule has 3 rings (SSSR count). The second kappa shape index (κ2) is 3.93. The first-order chi connectivity index (χ1) is 8.57. The van der Waals surface area contributed by atoms with Crippen LogP contribution in [0.3, 0.4) is 0 Å². The van der Waals surface area contributed by atoms with Gasteiger partial charge in [-0.05, 0) is 31.9 Å². The molecule has 18 heavy (non-hydrogen) atoms. The number of rotatable bonds is 3. The summed E-state index contributed by atoms with van der Waals surface area (Å²) in [5.74, 6) is -0.942. The summed E-state index contributed by atoms with van der Waals surface area (Å²) in [4.78, 5) is 20.9. The van der Waals surface area contributed by atoms with Crippen LogP contribution in [0.15, 0.2) is 24.3 Å². The maximum Gasteiger partial charge on any atom is 0.239 e. The molecule has 2 fully saturated rings. The van der Waals surface area contributed by atoms with E-state index in [0.29, 0.717) is 6.42 Å². The summed E-state index contributed by atoms with van der Waals surface area (Å²) < 4.78 is 5.35. The van der Waals surface area contributed by atoms with E-state index in [1.807, 2.05) is 38.1 Å². The lowest BCUT2D eigenvalue weighted by Gasteiger charge is -2.20. The molecule has 2 bridgehead atoms. The Morgan fingerprint density at radius 1 is 1.06 bits per heavy atom. The monoisotopic (exact) mass is 252 g/mol. The van der Waals surface area contributed by atoms with E-state index < -0.39 is 11.6 Å². The van der Waals surface area contributed by atoms with Crippen molar-refractivity contribution in [3.8, 4) is 5.75 Å². The van der Waals surface area contributed by atoms with Gasteiger partial charge in [0.2, 0.25) is 11.6 Å². The molecular weight excluding hydrogens is 236 g/mol. The molecule has 0 aliphatic carbocycles. The third-order valence-electron chi connectivity index (χ3n) is 3.63. The number of benzene rings is 1. The molecular formula is C13H16O5. The molecule has 0 spiro atoms. The van der Waals surface area contributed by atoms with E-state index in [2.05, 4.69) is 0 Å². The highest BCUT2D eigenvalue weighted by atomic mass is 17.4. The number of hydrogen-bond acceptors (Lipinski definition) is 5. The van der Waals surface area contributed by atoms with Gasteiger partial charge < -0.3 is 4.74 Å². The third kappa shape index (κ3) is 1.63. The van der Waals surface area contributed by atoms with Gasteiger partial charge in [-0.15, -0.1) is 0 Å². The van der Waals surface area contributed by atoms with Gasteiger partial charge in [-0.25, -0.2) is 0 Å². The van der Waals surface area contributed by atoms with E-state index >= 15 is 0 Å². The van der Waals surface area contributed by atoms with E-state index in [1.54, 1.807) is 7.11 Å². The van der Waals surface area contributed by atoms with Crippen LogP contribution in [0.25, 0.3) is 0 Å². The summed E-state index contributed by atoms with van der Waals surface area (Å²) in [5, 5.41) is 0. The molecule has 0 atom stereocenters.